The topological polar surface area (TPSA) is 58.6 Å². The molecule has 0 radical (unpaired) electrons. The van der Waals surface area contributed by atoms with Gasteiger partial charge in [-0.05, 0) is 25.0 Å². The highest BCUT2D eigenvalue weighted by molar-refractivity contribution is 5.69. The molecule has 4 nitrogen and oxygen atoms in total. The third-order valence-corrected chi connectivity index (χ3v) is 2.58. The van der Waals surface area contributed by atoms with Crippen molar-refractivity contribution in [3.63, 3.8) is 0 Å². The molecule has 1 rings (SSSR count). The first-order valence-corrected chi connectivity index (χ1v) is 5.87. The van der Waals surface area contributed by atoms with E-state index in [1.54, 1.807) is 6.07 Å². The van der Waals surface area contributed by atoms with Gasteiger partial charge in [0.05, 0.1) is 5.69 Å². The summed E-state index contributed by atoms with van der Waals surface area (Å²) < 4.78 is 5.23. The molecule has 0 unspecified atom stereocenters. The molecule has 0 atom stereocenters. The maximum absolute atomic E-state index is 10.5. The second-order valence-electron chi connectivity index (χ2n) is 3.84. The summed E-state index contributed by atoms with van der Waals surface area (Å²) in [7, 11) is 0. The van der Waals surface area contributed by atoms with Gasteiger partial charge in [-0.3, -0.25) is 0 Å². The van der Waals surface area contributed by atoms with Crippen LogP contribution < -0.4 is 10.1 Å². The lowest BCUT2D eigenvalue weighted by Gasteiger charge is -2.18. The Morgan fingerprint density at radius 2 is 2.00 bits per heavy atom. The lowest BCUT2D eigenvalue weighted by Crippen LogP contribution is -2.18. The van der Waals surface area contributed by atoms with Crippen LogP contribution in [0.1, 0.15) is 26.7 Å². The Hall–Kier alpha value is -1.71. The Kier molecular flexibility index (Phi) is 5.33. The fourth-order valence-corrected chi connectivity index (χ4v) is 1.56. The number of rotatable bonds is 7. The van der Waals surface area contributed by atoms with Gasteiger partial charge in [-0.25, -0.2) is 4.79 Å². The minimum absolute atomic E-state index is 0.318. The molecule has 0 aliphatic heterocycles. The largest absolute Gasteiger partial charge is 0.480 e. The van der Waals surface area contributed by atoms with Crippen molar-refractivity contribution in [1.82, 2.24) is 0 Å². The molecule has 0 amide bonds. The molecule has 0 fully saturated rings. The van der Waals surface area contributed by atoms with E-state index in [1.807, 2.05) is 18.2 Å². The Morgan fingerprint density at radius 3 is 2.59 bits per heavy atom. The van der Waals surface area contributed by atoms with E-state index in [4.69, 9.17) is 9.84 Å². The Balaban J connectivity index is 2.72. The highest BCUT2D eigenvalue weighted by Gasteiger charge is 2.08. The fourth-order valence-electron chi connectivity index (χ4n) is 1.56. The molecular formula is C13H19NO3. The SMILES string of the molecule is CCC(CC)Nc1ccccc1OCC(=O)O. The number of ether oxygens (including phenoxy) is 1. The van der Waals surface area contributed by atoms with E-state index in [0.717, 1.165) is 18.5 Å². The second kappa shape index (κ2) is 6.78. The van der Waals surface area contributed by atoms with Gasteiger partial charge in [-0.1, -0.05) is 26.0 Å². The summed E-state index contributed by atoms with van der Waals surface area (Å²) in [6.45, 7) is 3.91. The highest BCUT2D eigenvalue weighted by atomic mass is 16.5. The van der Waals surface area contributed by atoms with Crippen LogP contribution in [0.3, 0.4) is 0 Å². The number of anilines is 1. The number of benzene rings is 1. The van der Waals surface area contributed by atoms with Crippen molar-refractivity contribution in [3.05, 3.63) is 24.3 Å². The highest BCUT2D eigenvalue weighted by Crippen LogP contribution is 2.25. The zero-order valence-electron chi connectivity index (χ0n) is 10.3. The standard InChI is InChI=1S/C13H19NO3/c1-3-10(4-2)14-11-7-5-6-8-12(11)17-9-13(15)16/h5-8,10,14H,3-4,9H2,1-2H3,(H,15,16). The molecule has 17 heavy (non-hydrogen) atoms. The molecule has 0 saturated carbocycles. The number of aliphatic carboxylic acids is 1. The molecule has 4 heteroatoms. The first-order valence-electron chi connectivity index (χ1n) is 5.87. The van der Waals surface area contributed by atoms with E-state index in [2.05, 4.69) is 19.2 Å². The van der Waals surface area contributed by atoms with Crippen molar-refractivity contribution in [1.29, 1.82) is 0 Å². The Labute approximate surface area is 102 Å². The Morgan fingerprint density at radius 1 is 1.35 bits per heavy atom. The monoisotopic (exact) mass is 237 g/mol. The summed E-state index contributed by atoms with van der Waals surface area (Å²) in [5.41, 5.74) is 0.849. The maximum Gasteiger partial charge on any atom is 0.341 e. The van der Waals surface area contributed by atoms with Crippen molar-refractivity contribution in [2.45, 2.75) is 32.7 Å². The predicted octanol–water partition coefficient (Wildman–Crippen LogP) is 2.75. The summed E-state index contributed by atoms with van der Waals surface area (Å²) >= 11 is 0. The normalized spacial score (nSPS) is 10.3. The second-order valence-corrected chi connectivity index (χ2v) is 3.84. The lowest BCUT2D eigenvalue weighted by atomic mass is 10.1. The molecule has 0 aliphatic rings. The summed E-state index contributed by atoms with van der Waals surface area (Å²) in [6.07, 6.45) is 2.04. The molecule has 0 bridgehead atoms. The molecule has 0 aliphatic carbocycles. The van der Waals surface area contributed by atoms with Crippen LogP contribution in [-0.4, -0.2) is 23.7 Å². The molecule has 2 N–H and O–H groups in total. The third-order valence-electron chi connectivity index (χ3n) is 2.58. The zero-order chi connectivity index (χ0) is 12.7. The van der Waals surface area contributed by atoms with E-state index in [-0.39, 0.29) is 6.61 Å². The van der Waals surface area contributed by atoms with E-state index in [9.17, 15) is 4.79 Å². The quantitative estimate of drug-likeness (QED) is 0.765. The number of carbonyl (C=O) groups is 1. The van der Waals surface area contributed by atoms with Gasteiger partial charge in [-0.15, -0.1) is 0 Å². The van der Waals surface area contributed by atoms with E-state index in [0.29, 0.717) is 11.8 Å². The van der Waals surface area contributed by atoms with Gasteiger partial charge in [0.2, 0.25) is 0 Å². The maximum atomic E-state index is 10.5. The summed E-state index contributed by atoms with van der Waals surface area (Å²) in [4.78, 5) is 10.5. The number of para-hydroxylation sites is 2. The van der Waals surface area contributed by atoms with Crippen LogP contribution in [0.2, 0.25) is 0 Å². The van der Waals surface area contributed by atoms with Gasteiger partial charge in [0.25, 0.3) is 0 Å². The molecular weight excluding hydrogens is 218 g/mol. The van der Waals surface area contributed by atoms with E-state index < -0.39 is 5.97 Å². The first-order chi connectivity index (χ1) is 8.17. The molecule has 1 aromatic rings. The van der Waals surface area contributed by atoms with Crippen LogP contribution >= 0.6 is 0 Å². The minimum Gasteiger partial charge on any atom is -0.480 e. The Bertz CT molecular complexity index is 361. The predicted molar refractivity (Wildman–Crippen MR) is 67.6 cm³/mol. The molecule has 0 saturated heterocycles. The minimum atomic E-state index is -0.970. The molecule has 0 spiro atoms. The van der Waals surface area contributed by atoms with Crippen LogP contribution in [0.25, 0.3) is 0 Å². The number of carboxylic acid groups (broad SMARTS) is 1. The molecule has 94 valence electrons. The van der Waals surface area contributed by atoms with Gasteiger partial charge < -0.3 is 15.2 Å². The average Bonchev–Trinajstić information content (AvgIpc) is 2.34. The molecule has 0 heterocycles. The summed E-state index contributed by atoms with van der Waals surface area (Å²) in [6, 6.07) is 7.78. The average molecular weight is 237 g/mol. The van der Waals surface area contributed by atoms with E-state index in [1.165, 1.54) is 0 Å². The molecule has 1 aromatic carbocycles. The number of hydrogen-bond acceptors (Lipinski definition) is 3. The van der Waals surface area contributed by atoms with Crippen molar-refractivity contribution in [3.8, 4) is 5.75 Å². The van der Waals surface area contributed by atoms with Crippen molar-refractivity contribution in [2.24, 2.45) is 0 Å². The number of carboxylic acids is 1. The van der Waals surface area contributed by atoms with Gasteiger partial charge >= 0.3 is 5.97 Å². The first kappa shape index (κ1) is 13.4. The van der Waals surface area contributed by atoms with Crippen LogP contribution in [0, 0.1) is 0 Å². The smallest absolute Gasteiger partial charge is 0.341 e. The van der Waals surface area contributed by atoms with Crippen LogP contribution in [0.5, 0.6) is 5.75 Å². The summed E-state index contributed by atoms with van der Waals surface area (Å²) in [5.74, 6) is -0.385. The van der Waals surface area contributed by atoms with Crippen LogP contribution in [0.4, 0.5) is 5.69 Å². The van der Waals surface area contributed by atoms with Crippen molar-refractivity contribution >= 4 is 11.7 Å². The molecule has 0 aromatic heterocycles. The number of nitrogens with one attached hydrogen (secondary N) is 1. The van der Waals surface area contributed by atoms with E-state index >= 15 is 0 Å². The fraction of sp³-hybridized carbons (Fsp3) is 0.462. The van der Waals surface area contributed by atoms with Crippen LogP contribution in [0.15, 0.2) is 24.3 Å². The van der Waals surface area contributed by atoms with Gasteiger partial charge in [0.1, 0.15) is 5.75 Å². The zero-order valence-corrected chi connectivity index (χ0v) is 10.3. The lowest BCUT2D eigenvalue weighted by molar-refractivity contribution is -0.139. The van der Waals surface area contributed by atoms with Gasteiger partial charge in [0, 0.05) is 6.04 Å². The summed E-state index contributed by atoms with van der Waals surface area (Å²) in [5, 5.41) is 11.9. The number of hydrogen-bond donors (Lipinski definition) is 2. The van der Waals surface area contributed by atoms with Gasteiger partial charge in [-0.2, -0.15) is 0 Å². The van der Waals surface area contributed by atoms with Crippen LogP contribution in [-0.2, 0) is 4.79 Å². The van der Waals surface area contributed by atoms with Crippen molar-refractivity contribution < 1.29 is 14.6 Å². The van der Waals surface area contributed by atoms with Crippen molar-refractivity contribution in [2.75, 3.05) is 11.9 Å². The van der Waals surface area contributed by atoms with Gasteiger partial charge in [0.15, 0.2) is 6.61 Å². The third kappa shape index (κ3) is 4.34.